The van der Waals surface area contributed by atoms with E-state index in [1.54, 1.807) is 6.20 Å². The molecule has 1 aliphatic heterocycles. The van der Waals surface area contributed by atoms with Gasteiger partial charge in [-0.25, -0.2) is 9.97 Å². The monoisotopic (exact) mass is 259 g/mol. The van der Waals surface area contributed by atoms with Crippen LogP contribution in [0, 0.1) is 6.92 Å². The number of hydrogen-bond donors (Lipinski definition) is 1. The Morgan fingerprint density at radius 2 is 2.37 bits per heavy atom. The van der Waals surface area contributed by atoms with E-state index in [2.05, 4.69) is 25.1 Å². The Bertz CT molecular complexity index is 528. The largest absolute Gasteiger partial charge is 0.378 e. The van der Waals surface area contributed by atoms with E-state index in [4.69, 9.17) is 4.74 Å². The van der Waals surface area contributed by atoms with E-state index in [1.165, 1.54) is 0 Å². The number of H-pyrrole nitrogens is 1. The van der Waals surface area contributed by atoms with Crippen LogP contribution in [0.25, 0.3) is 0 Å². The van der Waals surface area contributed by atoms with Crippen molar-refractivity contribution in [3.63, 3.8) is 0 Å². The van der Waals surface area contributed by atoms with Gasteiger partial charge in [0.15, 0.2) is 0 Å². The van der Waals surface area contributed by atoms with Crippen molar-refractivity contribution >= 4 is 0 Å². The van der Waals surface area contributed by atoms with E-state index in [-0.39, 0.29) is 6.04 Å². The molecule has 1 aliphatic rings. The van der Waals surface area contributed by atoms with Gasteiger partial charge in [0.2, 0.25) is 0 Å². The molecule has 3 rings (SSSR count). The molecule has 2 aromatic rings. The van der Waals surface area contributed by atoms with Crippen molar-refractivity contribution in [2.75, 3.05) is 19.8 Å². The maximum atomic E-state index is 5.58. The van der Waals surface area contributed by atoms with Crippen LogP contribution in [0.2, 0.25) is 0 Å². The van der Waals surface area contributed by atoms with E-state index < -0.39 is 0 Å². The second-order valence-corrected chi connectivity index (χ2v) is 4.67. The molecule has 1 atom stereocenters. The number of rotatable bonds is 3. The number of ether oxygens (including phenoxy) is 1. The molecule has 1 N–H and O–H groups in total. The number of nitrogens with one attached hydrogen (secondary N) is 1. The van der Waals surface area contributed by atoms with Crippen LogP contribution in [0.5, 0.6) is 0 Å². The highest BCUT2D eigenvalue weighted by molar-refractivity contribution is 5.08. The second kappa shape index (κ2) is 5.46. The molecule has 6 nitrogen and oxygen atoms in total. The zero-order chi connectivity index (χ0) is 13.1. The number of aryl methyl sites for hydroxylation is 1. The van der Waals surface area contributed by atoms with E-state index in [1.807, 2.05) is 25.3 Å². The molecule has 0 aliphatic carbocycles. The standard InChI is InChI=1S/C13H17N5O/c1-10-14-4-2-11(16-10)8-18-6-7-19-9-13(18)12-3-5-15-17-12/h2-5,13H,6-9H2,1H3,(H,15,17)/t13-/m1/s1. The third-order valence-corrected chi connectivity index (χ3v) is 3.32. The molecule has 0 unspecified atom stereocenters. The molecule has 2 aromatic heterocycles. The normalized spacial score (nSPS) is 20.6. The summed E-state index contributed by atoms with van der Waals surface area (Å²) in [6.07, 6.45) is 3.58. The number of aromatic nitrogens is 4. The van der Waals surface area contributed by atoms with Gasteiger partial charge in [0.05, 0.1) is 30.6 Å². The lowest BCUT2D eigenvalue weighted by atomic mass is 10.1. The molecule has 0 radical (unpaired) electrons. The van der Waals surface area contributed by atoms with Crippen LogP contribution < -0.4 is 0 Å². The molecule has 1 fully saturated rings. The van der Waals surface area contributed by atoms with Crippen molar-refractivity contribution in [1.82, 2.24) is 25.1 Å². The first kappa shape index (κ1) is 12.3. The van der Waals surface area contributed by atoms with Crippen LogP contribution in [0.15, 0.2) is 24.5 Å². The van der Waals surface area contributed by atoms with Gasteiger partial charge in [-0.15, -0.1) is 0 Å². The van der Waals surface area contributed by atoms with Gasteiger partial charge in [-0.1, -0.05) is 0 Å². The number of hydrogen-bond acceptors (Lipinski definition) is 5. The van der Waals surface area contributed by atoms with Gasteiger partial charge in [-0.3, -0.25) is 10.00 Å². The molecule has 1 saturated heterocycles. The van der Waals surface area contributed by atoms with Crippen molar-refractivity contribution in [2.45, 2.75) is 19.5 Å². The van der Waals surface area contributed by atoms with Crippen LogP contribution in [-0.2, 0) is 11.3 Å². The predicted octanol–water partition coefficient (Wildman–Crippen LogP) is 1.08. The van der Waals surface area contributed by atoms with Crippen molar-refractivity contribution in [1.29, 1.82) is 0 Å². The molecule has 3 heterocycles. The summed E-state index contributed by atoms with van der Waals surface area (Å²) in [5.41, 5.74) is 2.13. The highest BCUT2D eigenvalue weighted by atomic mass is 16.5. The summed E-state index contributed by atoms with van der Waals surface area (Å²) in [7, 11) is 0. The Hall–Kier alpha value is -1.79. The summed E-state index contributed by atoms with van der Waals surface area (Å²) >= 11 is 0. The van der Waals surface area contributed by atoms with Crippen LogP contribution in [-0.4, -0.2) is 44.8 Å². The van der Waals surface area contributed by atoms with Gasteiger partial charge in [-0.2, -0.15) is 5.10 Å². The number of nitrogens with zero attached hydrogens (tertiary/aromatic N) is 4. The average molecular weight is 259 g/mol. The zero-order valence-electron chi connectivity index (χ0n) is 10.9. The molecule has 0 bridgehead atoms. The van der Waals surface area contributed by atoms with Crippen molar-refractivity contribution in [3.05, 3.63) is 41.7 Å². The fourth-order valence-corrected chi connectivity index (χ4v) is 2.37. The zero-order valence-corrected chi connectivity index (χ0v) is 10.9. The molecule has 0 spiro atoms. The first-order chi connectivity index (χ1) is 9.33. The molecular formula is C13H17N5O. The summed E-state index contributed by atoms with van der Waals surface area (Å²) in [4.78, 5) is 11.0. The maximum absolute atomic E-state index is 5.58. The summed E-state index contributed by atoms with van der Waals surface area (Å²) in [5.74, 6) is 0.809. The van der Waals surface area contributed by atoms with Crippen LogP contribution in [0.3, 0.4) is 0 Å². The molecule has 0 aromatic carbocycles. The lowest BCUT2D eigenvalue weighted by molar-refractivity contribution is -0.0148. The number of morpholine rings is 1. The Kier molecular flexibility index (Phi) is 3.52. The van der Waals surface area contributed by atoms with Gasteiger partial charge in [-0.05, 0) is 19.1 Å². The third-order valence-electron chi connectivity index (χ3n) is 3.32. The Morgan fingerprint density at radius 3 is 3.16 bits per heavy atom. The van der Waals surface area contributed by atoms with E-state index >= 15 is 0 Å². The van der Waals surface area contributed by atoms with E-state index in [0.29, 0.717) is 6.61 Å². The van der Waals surface area contributed by atoms with Gasteiger partial charge < -0.3 is 4.74 Å². The minimum absolute atomic E-state index is 0.214. The maximum Gasteiger partial charge on any atom is 0.125 e. The molecule has 0 amide bonds. The number of aromatic amines is 1. The van der Waals surface area contributed by atoms with Crippen molar-refractivity contribution in [3.8, 4) is 0 Å². The first-order valence-electron chi connectivity index (χ1n) is 6.42. The Morgan fingerprint density at radius 1 is 1.42 bits per heavy atom. The smallest absolute Gasteiger partial charge is 0.125 e. The molecule has 6 heteroatoms. The molecule has 100 valence electrons. The average Bonchev–Trinajstić information content (AvgIpc) is 2.93. The van der Waals surface area contributed by atoms with Gasteiger partial charge in [0, 0.05) is 25.5 Å². The predicted molar refractivity (Wildman–Crippen MR) is 69.3 cm³/mol. The topological polar surface area (TPSA) is 66.9 Å². The van der Waals surface area contributed by atoms with Crippen LogP contribution in [0.1, 0.15) is 23.3 Å². The minimum Gasteiger partial charge on any atom is -0.378 e. The van der Waals surface area contributed by atoms with Crippen molar-refractivity contribution < 1.29 is 4.74 Å². The summed E-state index contributed by atoms with van der Waals surface area (Å²) in [6, 6.07) is 4.18. The van der Waals surface area contributed by atoms with E-state index in [9.17, 15) is 0 Å². The Balaban J connectivity index is 1.77. The Labute approximate surface area is 111 Å². The van der Waals surface area contributed by atoms with Crippen LogP contribution in [0.4, 0.5) is 0 Å². The fourth-order valence-electron chi connectivity index (χ4n) is 2.37. The van der Waals surface area contributed by atoms with E-state index in [0.717, 1.165) is 36.9 Å². The SMILES string of the molecule is Cc1nccc(CN2CCOC[C@@H]2c2ccn[nH]2)n1. The molecule has 19 heavy (non-hydrogen) atoms. The highest BCUT2D eigenvalue weighted by Crippen LogP contribution is 2.23. The summed E-state index contributed by atoms with van der Waals surface area (Å²) in [6.45, 7) is 5.05. The minimum atomic E-state index is 0.214. The quantitative estimate of drug-likeness (QED) is 0.893. The second-order valence-electron chi connectivity index (χ2n) is 4.67. The van der Waals surface area contributed by atoms with Gasteiger partial charge in [0.25, 0.3) is 0 Å². The lowest BCUT2D eigenvalue weighted by Crippen LogP contribution is -2.39. The first-order valence-corrected chi connectivity index (χ1v) is 6.42. The summed E-state index contributed by atoms with van der Waals surface area (Å²) < 4.78 is 5.58. The van der Waals surface area contributed by atoms with Gasteiger partial charge in [0.1, 0.15) is 5.82 Å². The molecular weight excluding hydrogens is 242 g/mol. The fraction of sp³-hybridized carbons (Fsp3) is 0.462. The third kappa shape index (κ3) is 2.80. The van der Waals surface area contributed by atoms with Crippen LogP contribution >= 0.6 is 0 Å². The van der Waals surface area contributed by atoms with Crippen molar-refractivity contribution in [2.24, 2.45) is 0 Å². The van der Waals surface area contributed by atoms with Gasteiger partial charge >= 0.3 is 0 Å². The summed E-state index contributed by atoms with van der Waals surface area (Å²) in [5, 5.41) is 7.05. The lowest BCUT2D eigenvalue weighted by Gasteiger charge is -2.34. The molecule has 0 saturated carbocycles. The highest BCUT2D eigenvalue weighted by Gasteiger charge is 2.25.